The number of nitrogens with two attached hydrogens (primary N) is 1. The number of rotatable bonds is 28. The van der Waals surface area contributed by atoms with Gasteiger partial charge in [-0.05, 0) is 182 Å². The van der Waals surface area contributed by atoms with Crippen molar-refractivity contribution in [2.75, 3.05) is 19.5 Å². The van der Waals surface area contributed by atoms with E-state index in [1.54, 1.807) is 158 Å². The normalized spacial score (nSPS) is 10.5. The third-order valence-corrected chi connectivity index (χ3v) is 19.3. The number of primary amides is 1. The molecule has 6 aromatic carbocycles. The molecule has 3 amide bonds. The smallest absolute Gasteiger partial charge is 0.328 e. The number of alkyl halides is 1. The van der Waals surface area contributed by atoms with Crippen LogP contribution < -0.4 is 70.8 Å². The van der Waals surface area contributed by atoms with Gasteiger partial charge in [0.1, 0.15) is 28.6 Å². The molecule has 0 atom stereocenters. The Kier molecular flexibility index (Phi) is 36.8. The number of aromatic amines is 5. The lowest BCUT2D eigenvalue weighted by Crippen LogP contribution is -2.39. The van der Waals surface area contributed by atoms with Crippen molar-refractivity contribution in [3.05, 3.63) is 328 Å². The summed E-state index contributed by atoms with van der Waals surface area (Å²) in [6.07, 6.45) is 0.273. The van der Waals surface area contributed by atoms with Gasteiger partial charge in [-0.1, -0.05) is 95.6 Å². The molecule has 126 heavy (non-hydrogen) atoms. The number of benzene rings is 6. The molecule has 0 bridgehead atoms. The summed E-state index contributed by atoms with van der Waals surface area (Å²) in [4.78, 5) is 197. The van der Waals surface area contributed by atoms with Gasteiger partial charge in [-0.15, -0.1) is 0 Å². The zero-order valence-electron chi connectivity index (χ0n) is 71.9. The molecule has 10 rings (SSSR count). The molecule has 0 aliphatic rings. The van der Waals surface area contributed by atoms with Crippen molar-refractivity contribution < 1.29 is 43.0 Å². The average Bonchev–Trinajstić information content (AvgIpc) is 0.794. The highest BCUT2D eigenvalue weighted by molar-refractivity contribution is 9.09. The number of aryl methyl sites for hydroxylation is 4. The lowest BCUT2D eigenvalue weighted by atomic mass is 9.95. The predicted molar refractivity (Wildman–Crippen MR) is 472 cm³/mol. The summed E-state index contributed by atoms with van der Waals surface area (Å²) < 4.78 is 13.5. The maximum absolute atomic E-state index is 13.6. The van der Waals surface area contributed by atoms with Gasteiger partial charge in [0.15, 0.2) is 0 Å². The molecule has 9 N–H and O–H groups in total. The van der Waals surface area contributed by atoms with E-state index in [0.29, 0.717) is 63.0 Å². The number of ketones is 4. The molecule has 0 fully saturated rings. The van der Waals surface area contributed by atoms with Crippen LogP contribution in [0.25, 0.3) is 0 Å². The minimum absolute atomic E-state index is 0.0101. The van der Waals surface area contributed by atoms with E-state index in [4.69, 9.17) is 36.3 Å². The first kappa shape index (κ1) is 99.5. The lowest BCUT2D eigenvalue weighted by molar-refractivity contribution is -0.122. The third-order valence-electron chi connectivity index (χ3n) is 19.0. The van der Waals surface area contributed by atoms with Gasteiger partial charge in [-0.3, -0.25) is 86.4 Å². The first-order valence-corrected chi connectivity index (χ1v) is 40.5. The molecule has 4 heterocycles. The van der Waals surface area contributed by atoms with Crippen molar-refractivity contribution in [1.82, 2.24) is 49.3 Å². The third kappa shape index (κ3) is 27.1. The Morgan fingerprint density at radius 1 is 0.405 bits per heavy atom. The molecule has 0 saturated carbocycles. The standard InChI is InChI=1S/C27H28N4O5.C19H20N4O4.C19H18N4O3.C16H15N3O3.C11H14BrNO2/c1-16(2)23-24(25(33)20-12-17(3)11-19(13-20)14-28)31(27(35)30-26(23)34)10-9-22(32)29-15-18-5-7-21(36-4)8-6-18;1-10(2)15-16(17(25)13-7-11(3)6-12(8-13)9-20)23(5-4-14(21)24)19(27)22-18(15)26;1-11(2)15-16(23(6-4-5-20)19(26)22-18(15)25)17(24)14-8-12(3)7-13(9-14)10-21;1-8(2)12-13(18-16(22)19-15(12)21)14(20)11-5-9(3)4-10(6-11)7-17;1-15-10-4-2-9(3-5-10)8-13-11(14)6-7-12/h5-8,11-13,16H,9-10,15H2,1-4H3,(H,29,32)(H,30,34,35);6-8,10H,4-5H2,1-3H3,(H2,21,24)(H,22,26,27);7-9,11H,4,6H2,1-3H3,(H,22,25,26);4-6,8H,1-3H3,(H2,18,19,21,22);2-5H,6-8H2,1H3,(H,13,14). The number of hydrogen-bond acceptors (Lipinski definition) is 22. The van der Waals surface area contributed by atoms with Gasteiger partial charge in [0, 0.05) is 102 Å². The van der Waals surface area contributed by atoms with Crippen LogP contribution >= 0.6 is 15.9 Å². The average molecular weight is 1780 g/mol. The topological polar surface area (TPSA) is 537 Å². The predicted octanol–water partition coefficient (Wildman–Crippen LogP) is 9.41. The summed E-state index contributed by atoms with van der Waals surface area (Å²) in [6.45, 7) is 21.5. The van der Waals surface area contributed by atoms with Crippen LogP contribution in [-0.2, 0) is 47.1 Å². The van der Waals surface area contributed by atoms with E-state index in [-0.39, 0.29) is 148 Å². The Morgan fingerprint density at radius 2 is 0.706 bits per heavy atom. The molecule has 0 aliphatic carbocycles. The summed E-state index contributed by atoms with van der Waals surface area (Å²) in [5, 5.41) is 51.7. The first-order chi connectivity index (χ1) is 59.7. The molecule has 10 aromatic rings. The summed E-state index contributed by atoms with van der Waals surface area (Å²) in [7, 11) is 3.20. The Morgan fingerprint density at radius 3 is 1.00 bits per heavy atom. The van der Waals surface area contributed by atoms with E-state index >= 15 is 0 Å². The Labute approximate surface area is 731 Å². The molecule has 0 saturated heterocycles. The van der Waals surface area contributed by atoms with Gasteiger partial charge in [-0.2, -0.15) is 26.3 Å². The number of H-pyrrole nitrogens is 5. The molecule has 4 aromatic heterocycles. The highest BCUT2D eigenvalue weighted by Gasteiger charge is 2.30. The monoisotopic (exact) mass is 1770 g/mol. The second kappa shape index (κ2) is 46.6. The van der Waals surface area contributed by atoms with Gasteiger partial charge in [0.2, 0.25) is 40.9 Å². The fourth-order valence-electron chi connectivity index (χ4n) is 13.2. The number of amides is 3. The zero-order valence-corrected chi connectivity index (χ0v) is 73.5. The number of halogens is 1. The Hall–Kier alpha value is -15.3. The molecular formula is C92H95BrN16O17. The maximum Gasteiger partial charge on any atom is 0.328 e. The van der Waals surface area contributed by atoms with Crippen LogP contribution in [0.15, 0.2) is 160 Å². The Bertz CT molecular complexity index is 6540. The summed E-state index contributed by atoms with van der Waals surface area (Å²) in [5.41, 5.74) is 7.05. The van der Waals surface area contributed by atoms with Crippen molar-refractivity contribution in [2.45, 2.75) is 165 Å². The lowest BCUT2D eigenvalue weighted by Gasteiger charge is -2.17. The fraction of sp³-hybridized carbons (Fsp3) is 0.304. The summed E-state index contributed by atoms with van der Waals surface area (Å²) >= 11 is 3.22. The molecule has 0 unspecified atom stereocenters. The van der Waals surface area contributed by atoms with Crippen molar-refractivity contribution in [1.29, 1.82) is 26.3 Å². The number of carbonyl (C=O) groups excluding carboxylic acids is 7. The molecule has 0 spiro atoms. The van der Waals surface area contributed by atoms with E-state index in [1.165, 1.54) is 24.3 Å². The zero-order chi connectivity index (χ0) is 93.7. The van der Waals surface area contributed by atoms with Gasteiger partial charge in [0.25, 0.3) is 22.2 Å². The van der Waals surface area contributed by atoms with Gasteiger partial charge in [-0.25, -0.2) is 19.2 Å². The van der Waals surface area contributed by atoms with Crippen LogP contribution in [0.1, 0.15) is 247 Å². The first-order valence-electron chi connectivity index (χ1n) is 39.4. The molecular weight excluding hydrogens is 1680 g/mol. The number of carbonyl (C=O) groups is 7. The summed E-state index contributed by atoms with van der Waals surface area (Å²) in [5.74, 6) is -2.77. The van der Waals surface area contributed by atoms with Gasteiger partial charge >= 0.3 is 22.8 Å². The minimum atomic E-state index is -0.790. The van der Waals surface area contributed by atoms with Crippen molar-refractivity contribution >= 4 is 56.8 Å². The van der Waals surface area contributed by atoms with Crippen LogP contribution in [0.4, 0.5) is 0 Å². The maximum atomic E-state index is 13.6. The Balaban J connectivity index is 0.000000249. The molecule has 33 nitrogen and oxygen atoms in total. The van der Waals surface area contributed by atoms with Crippen LogP contribution in [0, 0.1) is 84.4 Å². The highest BCUT2D eigenvalue weighted by Crippen LogP contribution is 2.26. The second-order valence-electron chi connectivity index (χ2n) is 30.0. The highest BCUT2D eigenvalue weighted by atomic mass is 79.9. The van der Waals surface area contributed by atoms with Crippen LogP contribution in [0.2, 0.25) is 0 Å². The number of nitrogens with one attached hydrogen (secondary N) is 7. The van der Waals surface area contributed by atoms with Crippen LogP contribution in [-0.4, -0.2) is 99.0 Å². The van der Waals surface area contributed by atoms with Crippen molar-refractivity contribution in [2.24, 2.45) is 5.73 Å². The number of nitrogens with zero attached hydrogens (tertiary/aromatic N) is 8. The largest absolute Gasteiger partial charge is 0.497 e. The van der Waals surface area contributed by atoms with E-state index < -0.39 is 74.0 Å². The van der Waals surface area contributed by atoms with Gasteiger partial charge < -0.3 is 30.8 Å². The SMILES string of the molecule is COc1ccc(CNC(=O)CCBr)cc1.COc1ccc(CNC(=O)CCn2c(C(=O)c3cc(C)cc(C#N)c3)c(C(C)C)c(=O)[nH]c2=O)cc1.Cc1cc(C#N)cc(C(=O)c2[nH]c(=O)[nH]c(=O)c2C(C)C)c1.Cc1cc(C#N)cc(C(=O)c2c(C(C)C)c(=O)[nH]c(=O)n2CCC#N)c1.Cc1cc(C#N)cc(C(=O)c2c(C(C)C)c(=O)[nH]c(=O)n2CCC(N)=O)c1. The van der Waals surface area contributed by atoms with Crippen LogP contribution in [0.3, 0.4) is 0 Å². The van der Waals surface area contributed by atoms with E-state index in [0.717, 1.165) is 36.1 Å². The summed E-state index contributed by atoms with van der Waals surface area (Å²) in [6, 6.07) is 43.4. The van der Waals surface area contributed by atoms with E-state index in [9.17, 15) is 77.2 Å². The van der Waals surface area contributed by atoms with Gasteiger partial charge in [0.05, 0.1) is 78.9 Å². The molecule has 0 radical (unpaired) electrons. The number of hydrogen-bond donors (Lipinski definition) is 8. The van der Waals surface area contributed by atoms with E-state index in [1.807, 2.05) is 66.7 Å². The molecule has 652 valence electrons. The molecule has 0 aliphatic heterocycles. The number of aromatic nitrogens is 8. The van der Waals surface area contributed by atoms with Crippen LogP contribution in [0.5, 0.6) is 11.5 Å². The fourth-order valence-corrected chi connectivity index (χ4v) is 13.5. The molecule has 34 heteroatoms. The van der Waals surface area contributed by atoms with Crippen molar-refractivity contribution in [3.63, 3.8) is 0 Å². The van der Waals surface area contributed by atoms with E-state index in [2.05, 4.69) is 51.5 Å². The number of nitriles is 5. The second-order valence-corrected chi connectivity index (χ2v) is 30.8. The number of ether oxygens (including phenoxy) is 2. The number of methoxy groups -OCH3 is 2. The van der Waals surface area contributed by atoms with Crippen molar-refractivity contribution in [3.8, 4) is 41.8 Å². The quantitative estimate of drug-likeness (QED) is 0.0167. The minimum Gasteiger partial charge on any atom is -0.497 e.